The van der Waals surface area contributed by atoms with Gasteiger partial charge < -0.3 is 16.0 Å². The molecule has 1 heterocycles. The fourth-order valence-electron chi connectivity index (χ4n) is 2.21. The van der Waals surface area contributed by atoms with Gasteiger partial charge in [0.2, 0.25) is 17.7 Å². The number of hydrogen-bond acceptors (Lipinski definition) is 3. The molecule has 1 saturated heterocycles. The molecule has 1 unspecified atom stereocenters. The number of hydrogen-bond donors (Lipinski definition) is 2. The molecule has 0 saturated carbocycles. The highest BCUT2D eigenvalue weighted by molar-refractivity contribution is 5.82. The lowest BCUT2D eigenvalue weighted by molar-refractivity contribution is -0.138. The van der Waals surface area contributed by atoms with Gasteiger partial charge in [-0.1, -0.05) is 13.8 Å². The number of nitrogens with two attached hydrogens (primary N) is 1. The van der Waals surface area contributed by atoms with E-state index in [0.717, 1.165) is 19.4 Å². The fourth-order valence-corrected chi connectivity index (χ4v) is 2.21. The number of rotatable bonds is 5. The average molecular weight is 269 g/mol. The van der Waals surface area contributed by atoms with Crippen LogP contribution in [0.1, 0.15) is 33.1 Å². The molecule has 0 aliphatic carbocycles. The molecule has 0 radical (unpaired) electrons. The van der Waals surface area contributed by atoms with Gasteiger partial charge in [0.05, 0.1) is 5.92 Å². The first-order chi connectivity index (χ1) is 8.91. The Morgan fingerprint density at radius 3 is 2.63 bits per heavy atom. The number of carbonyl (C=O) groups is 3. The molecule has 0 bridgehead atoms. The molecule has 3 N–H and O–H groups in total. The Kier molecular flexibility index (Phi) is 5.79. The minimum absolute atomic E-state index is 0.0447. The molecular formula is C13H23N3O3. The van der Waals surface area contributed by atoms with Crippen LogP contribution in [-0.2, 0) is 14.4 Å². The number of nitrogens with one attached hydrogen (secondary N) is 1. The van der Waals surface area contributed by atoms with Crippen LogP contribution in [0.5, 0.6) is 0 Å². The highest BCUT2D eigenvalue weighted by atomic mass is 16.2. The molecule has 1 atom stereocenters. The van der Waals surface area contributed by atoms with E-state index in [1.165, 1.54) is 0 Å². The Hall–Kier alpha value is -1.59. The van der Waals surface area contributed by atoms with Crippen molar-refractivity contribution < 1.29 is 14.4 Å². The zero-order chi connectivity index (χ0) is 14.4. The first-order valence-corrected chi connectivity index (χ1v) is 6.76. The van der Waals surface area contributed by atoms with Gasteiger partial charge in [0.15, 0.2) is 0 Å². The van der Waals surface area contributed by atoms with Crippen LogP contribution in [0.15, 0.2) is 0 Å². The summed E-state index contributed by atoms with van der Waals surface area (Å²) in [6.45, 7) is 5.18. The van der Waals surface area contributed by atoms with Crippen molar-refractivity contribution in [3.63, 3.8) is 0 Å². The Bertz CT molecular complexity index is 355. The van der Waals surface area contributed by atoms with Crippen LogP contribution in [0.4, 0.5) is 0 Å². The van der Waals surface area contributed by atoms with Gasteiger partial charge in [-0.05, 0) is 12.8 Å². The second kappa shape index (κ2) is 7.11. The maximum Gasteiger partial charge on any atom is 0.225 e. The predicted molar refractivity (Wildman–Crippen MR) is 71.0 cm³/mol. The molecule has 1 aliphatic rings. The molecule has 3 amide bonds. The molecule has 6 nitrogen and oxygen atoms in total. The number of nitrogens with zero attached hydrogens (tertiary/aromatic N) is 1. The van der Waals surface area contributed by atoms with Crippen molar-refractivity contribution in [2.75, 3.05) is 19.6 Å². The number of carbonyl (C=O) groups excluding carboxylic acids is 3. The van der Waals surface area contributed by atoms with Gasteiger partial charge in [0.1, 0.15) is 0 Å². The van der Waals surface area contributed by atoms with E-state index in [0.29, 0.717) is 6.54 Å². The average Bonchev–Trinajstić information content (AvgIpc) is 2.37. The highest BCUT2D eigenvalue weighted by Crippen LogP contribution is 2.18. The summed E-state index contributed by atoms with van der Waals surface area (Å²) in [4.78, 5) is 36.2. The summed E-state index contributed by atoms with van der Waals surface area (Å²) in [6, 6.07) is 0. The van der Waals surface area contributed by atoms with Gasteiger partial charge in [0.25, 0.3) is 0 Å². The lowest BCUT2D eigenvalue weighted by atomic mass is 9.96. The van der Waals surface area contributed by atoms with Gasteiger partial charge in [0, 0.05) is 32.0 Å². The molecule has 0 spiro atoms. The van der Waals surface area contributed by atoms with Crippen molar-refractivity contribution in [3.8, 4) is 0 Å². The molecule has 108 valence electrons. The Morgan fingerprint density at radius 2 is 2.05 bits per heavy atom. The summed E-state index contributed by atoms with van der Waals surface area (Å²) in [5.41, 5.74) is 5.01. The summed E-state index contributed by atoms with van der Waals surface area (Å²) in [6.07, 6.45) is 1.77. The lowest BCUT2D eigenvalue weighted by Crippen LogP contribution is -2.47. The van der Waals surface area contributed by atoms with Crippen molar-refractivity contribution in [2.45, 2.75) is 33.1 Å². The van der Waals surface area contributed by atoms with Crippen LogP contribution in [0, 0.1) is 11.8 Å². The van der Waals surface area contributed by atoms with Crippen LogP contribution >= 0.6 is 0 Å². The molecule has 0 aromatic heterocycles. The summed E-state index contributed by atoms with van der Waals surface area (Å²) in [5.74, 6) is -0.654. The van der Waals surface area contributed by atoms with Gasteiger partial charge >= 0.3 is 0 Å². The van der Waals surface area contributed by atoms with E-state index in [1.807, 2.05) is 13.8 Å². The number of primary amides is 1. The monoisotopic (exact) mass is 269 g/mol. The van der Waals surface area contributed by atoms with Gasteiger partial charge in [-0.15, -0.1) is 0 Å². The molecular weight excluding hydrogens is 246 g/mol. The largest absolute Gasteiger partial charge is 0.370 e. The van der Waals surface area contributed by atoms with Gasteiger partial charge in [-0.25, -0.2) is 0 Å². The topological polar surface area (TPSA) is 92.5 Å². The third kappa shape index (κ3) is 4.89. The van der Waals surface area contributed by atoms with Crippen LogP contribution < -0.4 is 11.1 Å². The summed E-state index contributed by atoms with van der Waals surface area (Å²) in [5, 5.41) is 2.69. The van der Waals surface area contributed by atoms with E-state index in [-0.39, 0.29) is 36.6 Å². The molecule has 1 aliphatic heterocycles. The normalized spacial score (nSPS) is 19.3. The second-order valence-electron chi connectivity index (χ2n) is 5.29. The summed E-state index contributed by atoms with van der Waals surface area (Å²) in [7, 11) is 0. The Morgan fingerprint density at radius 1 is 1.37 bits per heavy atom. The van der Waals surface area contributed by atoms with E-state index < -0.39 is 5.91 Å². The predicted octanol–water partition coefficient (Wildman–Crippen LogP) is -0.127. The zero-order valence-corrected chi connectivity index (χ0v) is 11.6. The minimum Gasteiger partial charge on any atom is -0.370 e. The number of piperidine rings is 1. The molecule has 1 rings (SSSR count). The van der Waals surface area contributed by atoms with Crippen molar-refractivity contribution in [2.24, 2.45) is 17.6 Å². The quantitative estimate of drug-likeness (QED) is 0.728. The minimum atomic E-state index is -0.430. The second-order valence-corrected chi connectivity index (χ2v) is 5.29. The van der Waals surface area contributed by atoms with Crippen LogP contribution in [0.2, 0.25) is 0 Å². The van der Waals surface area contributed by atoms with E-state index in [2.05, 4.69) is 5.32 Å². The number of likely N-dealkylation sites (tertiary alicyclic amines) is 1. The fraction of sp³-hybridized carbons (Fsp3) is 0.769. The summed E-state index contributed by atoms with van der Waals surface area (Å²) < 4.78 is 0. The first kappa shape index (κ1) is 15.5. The molecule has 6 heteroatoms. The third-order valence-corrected chi connectivity index (χ3v) is 3.27. The maximum atomic E-state index is 11.9. The van der Waals surface area contributed by atoms with Crippen molar-refractivity contribution in [1.29, 1.82) is 0 Å². The van der Waals surface area contributed by atoms with Gasteiger partial charge in [-0.2, -0.15) is 0 Å². The maximum absolute atomic E-state index is 11.9. The van der Waals surface area contributed by atoms with Crippen molar-refractivity contribution >= 4 is 17.7 Å². The van der Waals surface area contributed by atoms with E-state index >= 15 is 0 Å². The molecule has 0 aromatic rings. The van der Waals surface area contributed by atoms with E-state index in [1.54, 1.807) is 4.90 Å². The molecule has 0 aromatic carbocycles. The highest BCUT2D eigenvalue weighted by Gasteiger charge is 2.29. The molecule has 1 fully saturated rings. The molecule has 19 heavy (non-hydrogen) atoms. The zero-order valence-electron chi connectivity index (χ0n) is 11.6. The first-order valence-electron chi connectivity index (χ1n) is 6.76. The van der Waals surface area contributed by atoms with Crippen LogP contribution in [0.25, 0.3) is 0 Å². The third-order valence-electron chi connectivity index (χ3n) is 3.27. The lowest BCUT2D eigenvalue weighted by Gasteiger charge is -2.33. The van der Waals surface area contributed by atoms with E-state index in [4.69, 9.17) is 5.73 Å². The Balaban J connectivity index is 2.43. The smallest absolute Gasteiger partial charge is 0.225 e. The Labute approximate surface area is 113 Å². The van der Waals surface area contributed by atoms with Crippen molar-refractivity contribution in [3.05, 3.63) is 0 Å². The van der Waals surface area contributed by atoms with E-state index in [9.17, 15) is 14.4 Å². The van der Waals surface area contributed by atoms with Crippen molar-refractivity contribution in [1.82, 2.24) is 10.2 Å². The van der Waals surface area contributed by atoms with Gasteiger partial charge in [-0.3, -0.25) is 14.4 Å². The summed E-state index contributed by atoms with van der Waals surface area (Å²) >= 11 is 0. The standard InChI is InChI=1S/C13H23N3O3/c1-9(2)13(19)16-7-3-4-10(8-16)12(18)15-6-5-11(14)17/h9-10H,3-8H2,1-2H3,(H2,14,17)(H,15,18). The van der Waals surface area contributed by atoms with Crippen LogP contribution in [-0.4, -0.2) is 42.3 Å². The SMILES string of the molecule is CC(C)C(=O)N1CCCC(C(=O)NCCC(N)=O)C1. The van der Waals surface area contributed by atoms with Crippen LogP contribution in [0.3, 0.4) is 0 Å². The number of amides is 3.